The number of halogens is 2. The minimum Gasteiger partial charge on any atom is -0.419 e. The molecule has 0 unspecified atom stereocenters. The van der Waals surface area contributed by atoms with E-state index in [1.54, 1.807) is 24.3 Å². The van der Waals surface area contributed by atoms with Gasteiger partial charge in [0.2, 0.25) is 26.6 Å². The number of benzene rings is 2. The molecule has 0 fully saturated rings. The number of hydrogen-bond acceptors (Lipinski definition) is 5. The van der Waals surface area contributed by atoms with Crippen LogP contribution in [0.4, 0.5) is 10.3 Å². The molecular formula is C16H12ClFN2O3S. The van der Waals surface area contributed by atoms with Gasteiger partial charge in [-0.05, 0) is 48.5 Å². The molecule has 1 heterocycles. The second-order valence-corrected chi connectivity index (χ2v) is 7.17. The SMILES string of the molecule is CNc1oc(-c2ccc(Cl)cc2)nc1S(=O)(=O)c1ccc(F)cc1. The zero-order valence-corrected chi connectivity index (χ0v) is 14.0. The van der Waals surface area contributed by atoms with Crippen molar-refractivity contribution in [2.45, 2.75) is 9.92 Å². The zero-order valence-electron chi connectivity index (χ0n) is 12.5. The molecule has 1 N–H and O–H groups in total. The Hall–Kier alpha value is -2.38. The van der Waals surface area contributed by atoms with Crippen LogP contribution in [-0.2, 0) is 9.84 Å². The highest BCUT2D eigenvalue weighted by molar-refractivity contribution is 7.91. The van der Waals surface area contributed by atoms with E-state index in [1.807, 2.05) is 0 Å². The number of nitrogens with one attached hydrogen (secondary N) is 1. The summed E-state index contributed by atoms with van der Waals surface area (Å²) in [6.07, 6.45) is 0. The lowest BCUT2D eigenvalue weighted by Gasteiger charge is -2.02. The predicted molar refractivity (Wildman–Crippen MR) is 88.3 cm³/mol. The fourth-order valence-corrected chi connectivity index (χ4v) is 3.52. The molecule has 3 rings (SSSR count). The maximum absolute atomic E-state index is 13.0. The molecule has 2 aromatic carbocycles. The fourth-order valence-electron chi connectivity index (χ4n) is 2.09. The second kappa shape index (κ2) is 6.26. The lowest BCUT2D eigenvalue weighted by atomic mass is 10.2. The van der Waals surface area contributed by atoms with Crippen molar-refractivity contribution in [3.63, 3.8) is 0 Å². The number of hydrogen-bond donors (Lipinski definition) is 1. The first kappa shape index (κ1) is 16.5. The maximum Gasteiger partial charge on any atom is 0.233 e. The van der Waals surface area contributed by atoms with E-state index in [0.717, 1.165) is 12.1 Å². The molecule has 124 valence electrons. The minimum atomic E-state index is -3.95. The first-order valence-corrected chi connectivity index (χ1v) is 8.73. The van der Waals surface area contributed by atoms with Gasteiger partial charge in [0.25, 0.3) is 0 Å². The van der Waals surface area contributed by atoms with Crippen molar-refractivity contribution in [2.24, 2.45) is 0 Å². The monoisotopic (exact) mass is 366 g/mol. The lowest BCUT2D eigenvalue weighted by Crippen LogP contribution is -2.05. The van der Waals surface area contributed by atoms with Gasteiger partial charge in [-0.1, -0.05) is 11.6 Å². The molecule has 0 aliphatic rings. The van der Waals surface area contributed by atoms with Crippen molar-refractivity contribution in [2.75, 3.05) is 12.4 Å². The molecule has 24 heavy (non-hydrogen) atoms. The summed E-state index contributed by atoms with van der Waals surface area (Å²) in [6.45, 7) is 0. The van der Waals surface area contributed by atoms with Crippen molar-refractivity contribution >= 4 is 27.3 Å². The molecule has 0 atom stereocenters. The summed E-state index contributed by atoms with van der Waals surface area (Å²) < 4.78 is 44.0. The van der Waals surface area contributed by atoms with Gasteiger partial charge < -0.3 is 9.73 Å². The Morgan fingerprint density at radius 3 is 2.29 bits per heavy atom. The van der Waals surface area contributed by atoms with Crippen LogP contribution in [0.1, 0.15) is 0 Å². The smallest absolute Gasteiger partial charge is 0.233 e. The van der Waals surface area contributed by atoms with Gasteiger partial charge in [0, 0.05) is 17.6 Å². The molecule has 0 spiro atoms. The Morgan fingerprint density at radius 1 is 1.08 bits per heavy atom. The van der Waals surface area contributed by atoms with Gasteiger partial charge in [-0.3, -0.25) is 0 Å². The number of rotatable bonds is 4. The third-order valence-electron chi connectivity index (χ3n) is 3.29. The second-order valence-electron chi connectivity index (χ2n) is 4.87. The summed E-state index contributed by atoms with van der Waals surface area (Å²) in [4.78, 5) is 4.02. The summed E-state index contributed by atoms with van der Waals surface area (Å²) in [7, 11) is -2.43. The van der Waals surface area contributed by atoms with Crippen LogP contribution in [0, 0.1) is 5.82 Å². The summed E-state index contributed by atoms with van der Waals surface area (Å²) in [5, 5.41) is 2.95. The summed E-state index contributed by atoms with van der Waals surface area (Å²) >= 11 is 5.84. The van der Waals surface area contributed by atoms with Crippen molar-refractivity contribution in [1.82, 2.24) is 4.98 Å². The van der Waals surface area contributed by atoms with Crippen LogP contribution in [0.2, 0.25) is 5.02 Å². The highest BCUT2D eigenvalue weighted by Gasteiger charge is 2.28. The van der Waals surface area contributed by atoms with Gasteiger partial charge in [-0.2, -0.15) is 4.98 Å². The fraction of sp³-hybridized carbons (Fsp3) is 0.0625. The van der Waals surface area contributed by atoms with E-state index in [2.05, 4.69) is 10.3 Å². The predicted octanol–water partition coefficient (Wildman–Crippen LogP) is 4.01. The zero-order chi connectivity index (χ0) is 17.3. The normalized spacial score (nSPS) is 11.5. The Labute approximate surface area is 143 Å². The Morgan fingerprint density at radius 2 is 1.71 bits per heavy atom. The molecule has 0 aliphatic carbocycles. The first-order chi connectivity index (χ1) is 11.4. The Bertz CT molecular complexity index is 968. The molecule has 1 aromatic heterocycles. The molecule has 0 bridgehead atoms. The highest BCUT2D eigenvalue weighted by Crippen LogP contribution is 2.32. The van der Waals surface area contributed by atoms with Gasteiger partial charge in [0.15, 0.2) is 0 Å². The number of oxazole rings is 1. The molecule has 0 saturated heterocycles. The molecule has 0 amide bonds. The molecule has 5 nitrogen and oxygen atoms in total. The average Bonchev–Trinajstić information content (AvgIpc) is 3.01. The van der Waals surface area contributed by atoms with E-state index in [9.17, 15) is 12.8 Å². The van der Waals surface area contributed by atoms with Crippen LogP contribution < -0.4 is 5.32 Å². The summed E-state index contributed by atoms with van der Waals surface area (Å²) in [5.74, 6) is -0.384. The summed E-state index contributed by atoms with van der Waals surface area (Å²) in [5.41, 5.74) is 0.580. The van der Waals surface area contributed by atoms with Crippen molar-refractivity contribution in [1.29, 1.82) is 0 Å². The van der Waals surface area contributed by atoms with Gasteiger partial charge in [0.05, 0.1) is 4.90 Å². The van der Waals surface area contributed by atoms with Gasteiger partial charge >= 0.3 is 0 Å². The van der Waals surface area contributed by atoms with E-state index in [-0.39, 0.29) is 21.7 Å². The quantitative estimate of drug-likeness (QED) is 0.706. The topological polar surface area (TPSA) is 72.2 Å². The van der Waals surface area contributed by atoms with E-state index in [0.29, 0.717) is 10.6 Å². The van der Waals surface area contributed by atoms with Crippen LogP contribution in [0.3, 0.4) is 0 Å². The van der Waals surface area contributed by atoms with Crippen molar-refractivity contribution < 1.29 is 17.2 Å². The largest absolute Gasteiger partial charge is 0.419 e. The molecule has 0 radical (unpaired) electrons. The summed E-state index contributed by atoms with van der Waals surface area (Å²) in [6, 6.07) is 11.1. The van der Waals surface area contributed by atoms with Crippen LogP contribution in [0.15, 0.2) is 62.9 Å². The Balaban J connectivity index is 2.10. The number of aromatic nitrogens is 1. The molecule has 0 saturated carbocycles. The number of anilines is 1. The van der Waals surface area contributed by atoms with Crippen LogP contribution in [0.25, 0.3) is 11.5 Å². The van der Waals surface area contributed by atoms with E-state index >= 15 is 0 Å². The van der Waals surface area contributed by atoms with Crippen LogP contribution in [0.5, 0.6) is 0 Å². The van der Waals surface area contributed by atoms with E-state index < -0.39 is 15.7 Å². The number of nitrogens with zero attached hydrogens (tertiary/aromatic N) is 1. The number of sulfone groups is 1. The molecular weight excluding hydrogens is 355 g/mol. The molecule has 8 heteroatoms. The van der Waals surface area contributed by atoms with Gasteiger partial charge in [-0.25, -0.2) is 12.8 Å². The molecule has 0 aliphatic heterocycles. The average molecular weight is 367 g/mol. The van der Waals surface area contributed by atoms with E-state index in [1.165, 1.54) is 19.2 Å². The van der Waals surface area contributed by atoms with E-state index in [4.69, 9.17) is 16.0 Å². The van der Waals surface area contributed by atoms with Crippen molar-refractivity contribution in [3.05, 3.63) is 59.4 Å². The van der Waals surface area contributed by atoms with Gasteiger partial charge in [0.1, 0.15) is 5.82 Å². The lowest BCUT2D eigenvalue weighted by molar-refractivity contribution is 0.580. The first-order valence-electron chi connectivity index (χ1n) is 6.87. The van der Waals surface area contributed by atoms with Crippen molar-refractivity contribution in [3.8, 4) is 11.5 Å². The minimum absolute atomic E-state index is 0.00396. The highest BCUT2D eigenvalue weighted by atomic mass is 35.5. The maximum atomic E-state index is 13.0. The van der Waals surface area contributed by atoms with Gasteiger partial charge in [-0.15, -0.1) is 0 Å². The standard InChI is InChI=1S/C16H12ClFN2O3S/c1-19-15-16(24(21,22)13-8-6-12(18)7-9-13)20-14(23-15)10-2-4-11(17)5-3-10/h2-9,19H,1H3. The Kier molecular flexibility index (Phi) is 4.29. The van der Waals surface area contributed by atoms with Crippen LogP contribution >= 0.6 is 11.6 Å². The third-order valence-corrected chi connectivity index (χ3v) is 5.22. The third kappa shape index (κ3) is 3.00. The molecule has 3 aromatic rings. The van der Waals surface area contributed by atoms with Crippen LogP contribution in [-0.4, -0.2) is 20.4 Å².